The highest BCUT2D eigenvalue weighted by atomic mass is 19.4. The number of benzene rings is 3. The molecule has 0 saturated carbocycles. The third kappa shape index (κ3) is 5.14. The molecular formula is C21H13F7N2O. The van der Waals surface area contributed by atoms with Gasteiger partial charge in [0.2, 0.25) is 0 Å². The maximum Gasteiger partial charge on any atom is 0.422 e. The molecule has 162 valence electrons. The van der Waals surface area contributed by atoms with Crippen LogP contribution in [-0.4, -0.2) is 6.21 Å². The lowest BCUT2D eigenvalue weighted by Gasteiger charge is -2.13. The van der Waals surface area contributed by atoms with Crippen molar-refractivity contribution >= 4 is 11.9 Å². The Labute approximate surface area is 171 Å². The molecule has 0 aliphatic carbocycles. The Morgan fingerprint density at radius 3 is 1.94 bits per heavy atom. The van der Waals surface area contributed by atoms with Crippen LogP contribution in [0.2, 0.25) is 0 Å². The van der Waals surface area contributed by atoms with Crippen LogP contribution >= 0.6 is 0 Å². The molecule has 31 heavy (non-hydrogen) atoms. The summed E-state index contributed by atoms with van der Waals surface area (Å²) in [5, 5.41) is 3.42. The summed E-state index contributed by atoms with van der Waals surface area (Å²) in [6.45, 7) is 0.333. The lowest BCUT2D eigenvalue weighted by molar-refractivity contribution is -0.143. The highest BCUT2D eigenvalue weighted by molar-refractivity contribution is 5.80. The Bertz CT molecular complexity index is 1050. The van der Waals surface area contributed by atoms with Crippen LogP contribution in [0.3, 0.4) is 0 Å². The van der Waals surface area contributed by atoms with Crippen molar-refractivity contribution in [3.05, 3.63) is 94.6 Å². The molecule has 0 aliphatic heterocycles. The van der Waals surface area contributed by atoms with E-state index >= 15 is 0 Å². The molecule has 0 fully saturated rings. The van der Waals surface area contributed by atoms with E-state index in [1.54, 1.807) is 17.6 Å². The van der Waals surface area contributed by atoms with Crippen LogP contribution in [0.1, 0.15) is 16.7 Å². The van der Waals surface area contributed by atoms with Gasteiger partial charge in [-0.2, -0.15) is 18.3 Å². The second-order valence-electron chi connectivity index (χ2n) is 6.22. The summed E-state index contributed by atoms with van der Waals surface area (Å²) < 4.78 is 98.1. The molecule has 0 unspecified atom stereocenters. The third-order valence-corrected chi connectivity index (χ3v) is 4.07. The SMILES string of the molecule is Fc1c(F)c(C(F)(F)F)c(F)c(F)c1N/N=C/c1ccc(OCc2ccccc2)cc1. The van der Waals surface area contributed by atoms with Crippen LogP contribution in [0, 0.1) is 23.3 Å². The van der Waals surface area contributed by atoms with Gasteiger partial charge in [0.25, 0.3) is 0 Å². The normalized spacial score (nSPS) is 11.7. The van der Waals surface area contributed by atoms with E-state index in [4.69, 9.17) is 4.74 Å². The van der Waals surface area contributed by atoms with Gasteiger partial charge in [-0.05, 0) is 35.4 Å². The van der Waals surface area contributed by atoms with E-state index in [2.05, 4.69) is 5.10 Å². The number of alkyl halides is 3. The molecular weight excluding hydrogens is 429 g/mol. The average Bonchev–Trinajstić information content (AvgIpc) is 2.74. The Morgan fingerprint density at radius 2 is 1.39 bits per heavy atom. The van der Waals surface area contributed by atoms with Crippen molar-refractivity contribution in [2.45, 2.75) is 12.8 Å². The molecule has 0 heterocycles. The van der Waals surface area contributed by atoms with Gasteiger partial charge < -0.3 is 4.74 Å². The number of nitrogens with one attached hydrogen (secondary N) is 1. The van der Waals surface area contributed by atoms with Gasteiger partial charge in [0.15, 0.2) is 23.3 Å². The topological polar surface area (TPSA) is 33.6 Å². The Hall–Kier alpha value is -3.56. The van der Waals surface area contributed by atoms with Gasteiger partial charge in [-0.1, -0.05) is 30.3 Å². The van der Waals surface area contributed by atoms with E-state index in [1.165, 1.54) is 12.1 Å². The molecule has 3 nitrogen and oxygen atoms in total. The summed E-state index contributed by atoms with van der Waals surface area (Å²) >= 11 is 0. The fourth-order valence-electron chi connectivity index (χ4n) is 2.54. The molecule has 0 radical (unpaired) electrons. The van der Waals surface area contributed by atoms with Gasteiger partial charge in [0.1, 0.15) is 23.6 Å². The largest absolute Gasteiger partial charge is 0.489 e. The lowest BCUT2D eigenvalue weighted by Crippen LogP contribution is -2.16. The second-order valence-corrected chi connectivity index (χ2v) is 6.22. The van der Waals surface area contributed by atoms with Crippen LogP contribution in [0.5, 0.6) is 5.75 Å². The molecule has 0 spiro atoms. The first-order chi connectivity index (χ1) is 14.7. The molecule has 10 heteroatoms. The van der Waals surface area contributed by atoms with E-state index < -0.39 is 40.7 Å². The monoisotopic (exact) mass is 442 g/mol. The van der Waals surface area contributed by atoms with Crippen molar-refractivity contribution in [3.8, 4) is 5.75 Å². The minimum atomic E-state index is -5.61. The van der Waals surface area contributed by atoms with E-state index in [-0.39, 0.29) is 0 Å². The molecule has 0 bridgehead atoms. The minimum Gasteiger partial charge on any atom is -0.489 e. The molecule has 0 atom stereocenters. The first-order valence-corrected chi connectivity index (χ1v) is 8.67. The van der Waals surface area contributed by atoms with Crippen LogP contribution in [0.4, 0.5) is 36.4 Å². The predicted molar refractivity (Wildman–Crippen MR) is 99.7 cm³/mol. The third-order valence-electron chi connectivity index (χ3n) is 4.07. The number of halogens is 7. The zero-order valence-electron chi connectivity index (χ0n) is 15.5. The summed E-state index contributed by atoms with van der Waals surface area (Å²) in [5.74, 6) is -9.09. The summed E-state index contributed by atoms with van der Waals surface area (Å²) in [4.78, 5) is 0. The van der Waals surface area contributed by atoms with Crippen LogP contribution in [-0.2, 0) is 12.8 Å². The van der Waals surface area contributed by atoms with Crippen molar-refractivity contribution in [1.82, 2.24) is 0 Å². The highest BCUT2D eigenvalue weighted by Gasteiger charge is 2.42. The fourth-order valence-corrected chi connectivity index (χ4v) is 2.54. The molecule has 0 aromatic heterocycles. The van der Waals surface area contributed by atoms with Gasteiger partial charge in [-0.25, -0.2) is 17.6 Å². The van der Waals surface area contributed by atoms with E-state index in [9.17, 15) is 30.7 Å². The first kappa shape index (κ1) is 22.1. The number of hydrogen-bond acceptors (Lipinski definition) is 3. The molecule has 0 amide bonds. The lowest BCUT2D eigenvalue weighted by atomic mass is 10.1. The summed E-state index contributed by atoms with van der Waals surface area (Å²) in [5.41, 5.74) is -1.08. The Balaban J connectivity index is 1.69. The quantitative estimate of drug-likeness (QED) is 0.211. The number of nitrogens with zero attached hydrogens (tertiary/aromatic N) is 1. The number of hydrogen-bond donors (Lipinski definition) is 1. The van der Waals surface area contributed by atoms with E-state index in [0.717, 1.165) is 11.8 Å². The van der Waals surface area contributed by atoms with Gasteiger partial charge in [0.05, 0.1) is 6.21 Å². The van der Waals surface area contributed by atoms with Crippen LogP contribution in [0.25, 0.3) is 0 Å². The Kier molecular flexibility index (Phi) is 6.47. The standard InChI is InChI=1S/C21H13F7N2O/c22-16-15(21(26,27)28)17(23)19(25)20(18(16)24)30-29-10-12-6-8-14(9-7-12)31-11-13-4-2-1-3-5-13/h1-10,30H,11H2/b29-10+. The zero-order chi connectivity index (χ0) is 22.6. The van der Waals surface area contributed by atoms with Gasteiger partial charge in [0, 0.05) is 0 Å². The van der Waals surface area contributed by atoms with Crippen LogP contribution < -0.4 is 10.2 Å². The van der Waals surface area contributed by atoms with E-state index in [0.29, 0.717) is 17.9 Å². The molecule has 3 aromatic carbocycles. The van der Waals surface area contributed by atoms with Crippen molar-refractivity contribution in [2.24, 2.45) is 5.10 Å². The maximum atomic E-state index is 13.8. The summed E-state index contributed by atoms with van der Waals surface area (Å²) in [6.07, 6.45) is -4.56. The number of rotatable bonds is 6. The average molecular weight is 442 g/mol. The second kappa shape index (κ2) is 9.07. The van der Waals surface area contributed by atoms with Crippen molar-refractivity contribution in [3.63, 3.8) is 0 Å². The van der Waals surface area contributed by atoms with Crippen molar-refractivity contribution < 1.29 is 35.5 Å². The smallest absolute Gasteiger partial charge is 0.422 e. The van der Waals surface area contributed by atoms with Gasteiger partial charge in [-0.3, -0.25) is 5.43 Å². The number of anilines is 1. The minimum absolute atomic E-state index is 0.333. The predicted octanol–water partition coefficient (Wildman–Crippen LogP) is 6.29. The molecule has 1 N–H and O–H groups in total. The number of hydrazone groups is 1. The van der Waals surface area contributed by atoms with E-state index in [1.807, 2.05) is 30.3 Å². The van der Waals surface area contributed by atoms with Crippen molar-refractivity contribution in [1.29, 1.82) is 0 Å². The zero-order valence-corrected chi connectivity index (χ0v) is 15.5. The Morgan fingerprint density at radius 1 is 0.806 bits per heavy atom. The molecule has 0 aliphatic rings. The molecule has 0 saturated heterocycles. The van der Waals surface area contributed by atoms with Crippen molar-refractivity contribution in [2.75, 3.05) is 5.43 Å². The summed E-state index contributed by atoms with van der Waals surface area (Å²) in [7, 11) is 0. The fraction of sp³-hybridized carbons (Fsp3) is 0.0952. The molecule has 3 rings (SSSR count). The van der Waals surface area contributed by atoms with Gasteiger partial charge in [-0.15, -0.1) is 0 Å². The first-order valence-electron chi connectivity index (χ1n) is 8.67. The molecule has 3 aromatic rings. The summed E-state index contributed by atoms with van der Waals surface area (Å²) in [6, 6.07) is 15.6. The maximum absolute atomic E-state index is 13.8. The van der Waals surface area contributed by atoms with Crippen LogP contribution in [0.15, 0.2) is 59.7 Å². The highest BCUT2D eigenvalue weighted by Crippen LogP contribution is 2.38. The van der Waals surface area contributed by atoms with Gasteiger partial charge >= 0.3 is 6.18 Å². The number of ether oxygens (including phenoxy) is 1.